The predicted molar refractivity (Wildman–Crippen MR) is 141 cm³/mol. The largest absolute Gasteiger partial charge is 0.456 e. The van der Waals surface area contributed by atoms with Crippen molar-refractivity contribution in [3.05, 3.63) is 91.0 Å². The molecule has 0 saturated heterocycles. The van der Waals surface area contributed by atoms with Crippen molar-refractivity contribution >= 4 is 77.1 Å². The van der Waals surface area contributed by atoms with E-state index in [9.17, 15) is 0 Å². The number of fused-ring (bicyclic) bond motifs is 13. The number of nitrogens with zero attached hydrogens (tertiary/aromatic N) is 2. The minimum absolute atomic E-state index is 0.0907. The Balaban J connectivity index is 1.53. The molecule has 4 heterocycles. The second-order valence-corrected chi connectivity index (χ2v) is 9.23. The zero-order chi connectivity index (χ0) is 22.0. The molecule has 1 aliphatic heterocycles. The zero-order valence-electron chi connectivity index (χ0n) is 18.0. The summed E-state index contributed by atoms with van der Waals surface area (Å²) in [6.07, 6.45) is 8.40. The van der Waals surface area contributed by atoms with Crippen LogP contribution in [0.5, 0.6) is 0 Å². The molecule has 158 valence electrons. The van der Waals surface area contributed by atoms with Gasteiger partial charge in [0.25, 0.3) is 0 Å². The SMILES string of the molecule is C1=CC2=Nc3c(n4c5ccc6oc7ccc8ccccc8c7c6c5c5cccc3c54)NC2C=C1. The molecule has 1 aliphatic carbocycles. The van der Waals surface area contributed by atoms with Gasteiger partial charge in [0, 0.05) is 26.9 Å². The molecule has 0 bridgehead atoms. The van der Waals surface area contributed by atoms with Crippen LogP contribution in [0.25, 0.3) is 59.9 Å². The number of aromatic nitrogens is 1. The first-order valence-corrected chi connectivity index (χ1v) is 11.6. The van der Waals surface area contributed by atoms with Gasteiger partial charge in [-0.25, -0.2) is 4.99 Å². The summed E-state index contributed by atoms with van der Waals surface area (Å²) in [5, 5.41) is 12.2. The summed E-state index contributed by atoms with van der Waals surface area (Å²) in [5.41, 5.74) is 6.33. The van der Waals surface area contributed by atoms with Crippen LogP contribution < -0.4 is 5.32 Å². The Labute approximate surface area is 193 Å². The van der Waals surface area contributed by atoms with E-state index in [-0.39, 0.29) is 6.04 Å². The topological polar surface area (TPSA) is 41.9 Å². The molecule has 4 nitrogen and oxygen atoms in total. The second-order valence-electron chi connectivity index (χ2n) is 9.23. The first-order valence-electron chi connectivity index (χ1n) is 11.6. The van der Waals surface area contributed by atoms with Crippen molar-refractivity contribution in [2.24, 2.45) is 4.99 Å². The number of hydrogen-bond acceptors (Lipinski definition) is 3. The lowest BCUT2D eigenvalue weighted by Gasteiger charge is -2.23. The van der Waals surface area contributed by atoms with E-state index in [1.807, 2.05) is 0 Å². The molecule has 9 rings (SSSR count). The fourth-order valence-electron chi connectivity index (χ4n) is 6.12. The van der Waals surface area contributed by atoms with Gasteiger partial charge >= 0.3 is 0 Å². The molecule has 3 aromatic heterocycles. The van der Waals surface area contributed by atoms with Crippen molar-refractivity contribution < 1.29 is 4.42 Å². The number of para-hydroxylation sites is 1. The summed E-state index contributed by atoms with van der Waals surface area (Å²) in [4.78, 5) is 5.08. The molecule has 1 atom stereocenters. The van der Waals surface area contributed by atoms with Crippen LogP contribution in [0.2, 0.25) is 0 Å². The average Bonchev–Trinajstić information content (AvgIpc) is 3.53. The maximum Gasteiger partial charge on any atom is 0.138 e. The van der Waals surface area contributed by atoms with Gasteiger partial charge in [-0.05, 0) is 35.0 Å². The first kappa shape index (κ1) is 17.0. The van der Waals surface area contributed by atoms with Crippen LogP contribution in [-0.2, 0) is 0 Å². The van der Waals surface area contributed by atoms with Crippen LogP contribution >= 0.6 is 0 Å². The van der Waals surface area contributed by atoms with Crippen LogP contribution in [0.3, 0.4) is 0 Å². The van der Waals surface area contributed by atoms with E-state index in [4.69, 9.17) is 9.41 Å². The van der Waals surface area contributed by atoms with Gasteiger partial charge in [0.05, 0.1) is 22.8 Å². The van der Waals surface area contributed by atoms with Gasteiger partial charge in [0.15, 0.2) is 0 Å². The van der Waals surface area contributed by atoms with Crippen molar-refractivity contribution in [3.63, 3.8) is 0 Å². The van der Waals surface area contributed by atoms with Gasteiger partial charge in [0.1, 0.15) is 22.7 Å². The van der Waals surface area contributed by atoms with E-state index < -0.39 is 0 Å². The number of anilines is 1. The van der Waals surface area contributed by atoms with Crippen LogP contribution in [0.1, 0.15) is 0 Å². The lowest BCUT2D eigenvalue weighted by Crippen LogP contribution is -2.30. The van der Waals surface area contributed by atoms with Crippen LogP contribution in [0.4, 0.5) is 11.5 Å². The Hall–Kier alpha value is -4.57. The van der Waals surface area contributed by atoms with E-state index >= 15 is 0 Å². The third-order valence-electron chi connectivity index (χ3n) is 7.51. The summed E-state index contributed by atoms with van der Waals surface area (Å²) < 4.78 is 8.74. The summed E-state index contributed by atoms with van der Waals surface area (Å²) in [7, 11) is 0. The van der Waals surface area contributed by atoms with Gasteiger partial charge in [-0.2, -0.15) is 0 Å². The summed E-state index contributed by atoms with van der Waals surface area (Å²) in [5.74, 6) is 1.06. The smallest absolute Gasteiger partial charge is 0.138 e. The maximum absolute atomic E-state index is 6.38. The van der Waals surface area contributed by atoms with E-state index in [1.165, 1.54) is 48.7 Å². The molecular weight excluding hydrogens is 418 g/mol. The van der Waals surface area contributed by atoms with Gasteiger partial charge in [-0.3, -0.25) is 4.40 Å². The second kappa shape index (κ2) is 5.67. The van der Waals surface area contributed by atoms with E-state index in [1.54, 1.807) is 0 Å². The van der Waals surface area contributed by atoms with Gasteiger partial charge in [-0.1, -0.05) is 66.8 Å². The molecule has 0 amide bonds. The summed E-state index contributed by atoms with van der Waals surface area (Å²) in [6, 6.07) is 23.8. The molecule has 34 heavy (non-hydrogen) atoms. The van der Waals surface area contributed by atoms with Crippen molar-refractivity contribution in [2.45, 2.75) is 6.04 Å². The number of nitrogens with one attached hydrogen (secondary N) is 1. The average molecular weight is 435 g/mol. The highest BCUT2D eigenvalue weighted by Crippen LogP contribution is 2.49. The molecule has 0 fully saturated rings. The van der Waals surface area contributed by atoms with E-state index in [2.05, 4.69) is 101 Å². The van der Waals surface area contributed by atoms with E-state index in [0.29, 0.717) is 0 Å². The van der Waals surface area contributed by atoms with Crippen molar-refractivity contribution in [1.29, 1.82) is 0 Å². The summed E-state index contributed by atoms with van der Waals surface area (Å²) in [6.45, 7) is 0. The number of rotatable bonds is 0. The Bertz CT molecular complexity index is 2100. The maximum atomic E-state index is 6.38. The minimum Gasteiger partial charge on any atom is -0.456 e. The van der Waals surface area contributed by atoms with Crippen molar-refractivity contribution in [2.75, 3.05) is 5.32 Å². The van der Waals surface area contributed by atoms with Crippen molar-refractivity contribution in [3.8, 4) is 0 Å². The Morgan fingerprint density at radius 2 is 1.62 bits per heavy atom. The number of furan rings is 1. The third-order valence-corrected chi connectivity index (χ3v) is 7.51. The number of aliphatic imine (C=N–C) groups is 1. The highest BCUT2D eigenvalue weighted by molar-refractivity contribution is 6.34. The summed E-state index contributed by atoms with van der Waals surface area (Å²) >= 11 is 0. The molecule has 1 unspecified atom stereocenters. The Morgan fingerprint density at radius 1 is 0.765 bits per heavy atom. The van der Waals surface area contributed by atoms with Gasteiger partial charge in [0.2, 0.25) is 0 Å². The molecule has 0 radical (unpaired) electrons. The molecular formula is C30H17N3O. The number of hydrogen-bond donors (Lipinski definition) is 1. The standard InChI is InChI=1S/C30H17N3O/c1-2-7-17-16(6-1)12-14-23-26(17)27-24(34-23)15-13-22-25(27)18-8-5-9-19-28-30(33(22)29(18)19)32-21-11-4-3-10-20(21)31-28/h1-15,21,32H. The molecule has 7 aromatic rings. The minimum atomic E-state index is 0.0907. The van der Waals surface area contributed by atoms with E-state index in [0.717, 1.165) is 28.4 Å². The van der Waals surface area contributed by atoms with Crippen LogP contribution in [-0.4, -0.2) is 16.2 Å². The molecule has 1 N–H and O–H groups in total. The van der Waals surface area contributed by atoms with Crippen LogP contribution in [0.15, 0.2) is 100 Å². The molecule has 0 spiro atoms. The zero-order valence-corrected chi connectivity index (χ0v) is 18.0. The predicted octanol–water partition coefficient (Wildman–Crippen LogP) is 7.73. The van der Waals surface area contributed by atoms with Gasteiger partial charge in [-0.15, -0.1) is 0 Å². The normalized spacial score (nSPS) is 17.3. The molecule has 4 aromatic carbocycles. The van der Waals surface area contributed by atoms with Crippen LogP contribution in [0, 0.1) is 0 Å². The lowest BCUT2D eigenvalue weighted by atomic mass is 10.00. The number of allylic oxidation sites excluding steroid dienone is 2. The van der Waals surface area contributed by atoms with Gasteiger partial charge < -0.3 is 9.73 Å². The first-order chi connectivity index (χ1) is 16.9. The molecule has 0 saturated carbocycles. The third kappa shape index (κ3) is 1.86. The fourth-order valence-corrected chi connectivity index (χ4v) is 6.12. The number of benzene rings is 4. The monoisotopic (exact) mass is 435 g/mol. The van der Waals surface area contributed by atoms with Crippen molar-refractivity contribution in [1.82, 2.24) is 4.40 Å². The molecule has 4 heteroatoms. The molecule has 2 aliphatic rings. The Morgan fingerprint density at radius 3 is 2.62 bits per heavy atom. The lowest BCUT2D eigenvalue weighted by molar-refractivity contribution is 0.669. The Kier molecular flexibility index (Phi) is 2.83. The highest BCUT2D eigenvalue weighted by atomic mass is 16.3. The fraction of sp³-hybridized carbons (Fsp3) is 0.0333. The highest BCUT2D eigenvalue weighted by Gasteiger charge is 2.29. The quantitative estimate of drug-likeness (QED) is 0.265.